The number of nitrogens with zero attached hydrogens (tertiary/aromatic N) is 4. The maximum Gasteiger partial charge on any atom is 0.322 e. The first kappa shape index (κ1) is 21.4. The molecule has 2 heterocycles. The highest BCUT2D eigenvalue weighted by molar-refractivity contribution is 6.01. The molecule has 0 unspecified atom stereocenters. The third kappa shape index (κ3) is 3.70. The molecule has 10 nitrogen and oxygen atoms in total. The van der Waals surface area contributed by atoms with Gasteiger partial charge in [0.25, 0.3) is 5.91 Å². The average molecular weight is 460 g/mol. The van der Waals surface area contributed by atoms with E-state index in [1.54, 1.807) is 39.9 Å². The number of hydrogen-bond donors (Lipinski definition) is 4. The van der Waals surface area contributed by atoms with Crippen molar-refractivity contribution in [2.75, 3.05) is 11.9 Å². The number of rotatable bonds is 5. The molecule has 4 N–H and O–H groups in total. The monoisotopic (exact) mass is 460 g/mol. The number of carbonyl (C=O) groups excluding carboxylic acids is 2. The lowest BCUT2D eigenvalue weighted by Crippen LogP contribution is -2.47. The van der Waals surface area contributed by atoms with Gasteiger partial charge in [0.05, 0.1) is 23.3 Å². The van der Waals surface area contributed by atoms with Crippen LogP contribution in [0, 0.1) is 16.8 Å². The highest BCUT2D eigenvalue weighted by Crippen LogP contribution is 2.49. The zero-order valence-corrected chi connectivity index (χ0v) is 18.0. The van der Waals surface area contributed by atoms with Crippen molar-refractivity contribution in [3.8, 4) is 11.3 Å². The summed E-state index contributed by atoms with van der Waals surface area (Å²) in [5.41, 5.74) is 11.4. The van der Waals surface area contributed by atoms with Gasteiger partial charge >= 0.3 is 6.03 Å². The molecule has 0 saturated heterocycles. The minimum absolute atomic E-state index is 0.106. The van der Waals surface area contributed by atoms with Gasteiger partial charge in [-0.15, -0.1) is 0 Å². The summed E-state index contributed by atoms with van der Waals surface area (Å²) in [7, 11) is 0. The van der Waals surface area contributed by atoms with Gasteiger partial charge in [0.15, 0.2) is 0 Å². The zero-order chi connectivity index (χ0) is 23.9. The van der Waals surface area contributed by atoms with Gasteiger partial charge in [0.1, 0.15) is 11.5 Å². The number of halogens is 1. The van der Waals surface area contributed by atoms with E-state index in [4.69, 9.17) is 10.9 Å². The molecule has 2 aromatic carbocycles. The standard InChI is InChI=1S/C23H21FN8O2/c24-16-3-1-2-15(10-16)20-19(21(33)28-30-26)18-12-31(13-23(8-9-23)32(18)29-20)22(34)27-17-6-4-14(11-25)5-7-17/h1-7,10-11,25H,8-9,12-13H2,(H,27,34)(H2,26,28,33). The van der Waals surface area contributed by atoms with Crippen molar-refractivity contribution in [2.45, 2.75) is 24.9 Å². The Morgan fingerprint density at radius 1 is 1.18 bits per heavy atom. The topological polar surface area (TPSA) is 139 Å². The van der Waals surface area contributed by atoms with Crippen molar-refractivity contribution in [2.24, 2.45) is 5.22 Å². The first-order chi connectivity index (χ1) is 16.4. The third-order valence-electron chi connectivity index (χ3n) is 6.18. The highest BCUT2D eigenvalue weighted by Gasteiger charge is 2.52. The van der Waals surface area contributed by atoms with Crippen LogP contribution in [0.3, 0.4) is 0 Å². The molecule has 1 aromatic heterocycles. The first-order valence-corrected chi connectivity index (χ1v) is 10.7. The van der Waals surface area contributed by atoms with E-state index in [0.29, 0.717) is 23.5 Å². The van der Waals surface area contributed by atoms with Gasteiger partial charge in [-0.1, -0.05) is 29.5 Å². The van der Waals surface area contributed by atoms with Crippen LogP contribution in [-0.4, -0.2) is 39.4 Å². The molecule has 1 aliphatic carbocycles. The van der Waals surface area contributed by atoms with E-state index in [2.05, 4.69) is 21.1 Å². The second kappa shape index (κ2) is 8.18. The molecule has 2 aliphatic rings. The number of fused-ring (bicyclic) bond motifs is 2. The number of amides is 3. The van der Waals surface area contributed by atoms with Crippen molar-refractivity contribution in [3.63, 3.8) is 0 Å². The molecule has 1 aliphatic heterocycles. The van der Waals surface area contributed by atoms with Crippen LogP contribution in [0.5, 0.6) is 0 Å². The van der Waals surface area contributed by atoms with E-state index in [9.17, 15) is 14.0 Å². The summed E-state index contributed by atoms with van der Waals surface area (Å²) in [4.78, 5) is 27.6. The van der Waals surface area contributed by atoms with Gasteiger partial charge in [-0.05, 0) is 42.7 Å². The molecular formula is C23H21FN8O2. The van der Waals surface area contributed by atoms with E-state index in [-0.39, 0.29) is 23.8 Å². The van der Waals surface area contributed by atoms with Crippen LogP contribution in [0.25, 0.3) is 11.3 Å². The Morgan fingerprint density at radius 2 is 1.94 bits per heavy atom. The number of aromatic nitrogens is 2. The molecule has 5 rings (SSSR count). The normalized spacial score (nSPS) is 15.4. The lowest BCUT2D eigenvalue weighted by Gasteiger charge is -2.34. The smallest absolute Gasteiger partial charge is 0.316 e. The zero-order valence-electron chi connectivity index (χ0n) is 18.0. The van der Waals surface area contributed by atoms with E-state index in [1.807, 2.05) is 0 Å². The summed E-state index contributed by atoms with van der Waals surface area (Å²) in [6, 6.07) is 12.4. The minimum atomic E-state index is -0.643. The number of urea groups is 1. The Labute approximate surface area is 193 Å². The van der Waals surface area contributed by atoms with Crippen LogP contribution in [0.15, 0.2) is 53.8 Å². The summed E-state index contributed by atoms with van der Waals surface area (Å²) in [5, 5.41) is 17.8. The minimum Gasteiger partial charge on any atom is -0.316 e. The molecule has 0 radical (unpaired) electrons. The fourth-order valence-corrected chi connectivity index (χ4v) is 4.36. The number of anilines is 1. The fraction of sp³-hybridized carbons (Fsp3) is 0.217. The van der Waals surface area contributed by atoms with Crippen LogP contribution in [-0.2, 0) is 12.1 Å². The predicted octanol–water partition coefficient (Wildman–Crippen LogP) is 3.90. The Hall–Kier alpha value is -4.41. The number of carbonyl (C=O) groups is 2. The van der Waals surface area contributed by atoms with E-state index in [1.165, 1.54) is 24.4 Å². The number of nitrogens with one attached hydrogen (secondary N) is 4. The van der Waals surface area contributed by atoms with Crippen LogP contribution >= 0.6 is 0 Å². The first-order valence-electron chi connectivity index (χ1n) is 10.7. The predicted molar refractivity (Wildman–Crippen MR) is 121 cm³/mol. The summed E-state index contributed by atoms with van der Waals surface area (Å²) in [6.45, 7) is 0.522. The Bertz CT molecular complexity index is 1310. The summed E-state index contributed by atoms with van der Waals surface area (Å²) < 4.78 is 15.7. The molecule has 172 valence electrons. The van der Waals surface area contributed by atoms with Gasteiger partial charge in [0.2, 0.25) is 0 Å². The maximum atomic E-state index is 13.9. The fourth-order valence-electron chi connectivity index (χ4n) is 4.36. The maximum absolute atomic E-state index is 13.9. The summed E-state index contributed by atoms with van der Waals surface area (Å²) >= 11 is 0. The second-order valence-electron chi connectivity index (χ2n) is 8.42. The van der Waals surface area contributed by atoms with Crippen LogP contribution in [0.4, 0.5) is 14.9 Å². The highest BCUT2D eigenvalue weighted by atomic mass is 19.1. The van der Waals surface area contributed by atoms with E-state index < -0.39 is 17.3 Å². The Morgan fingerprint density at radius 3 is 2.59 bits per heavy atom. The molecule has 1 spiro atoms. The van der Waals surface area contributed by atoms with Crippen LogP contribution in [0.2, 0.25) is 0 Å². The molecule has 1 fully saturated rings. The summed E-state index contributed by atoms with van der Waals surface area (Å²) in [5.74, 6) is -1.10. The molecule has 0 atom stereocenters. The average Bonchev–Trinajstić information content (AvgIpc) is 3.48. The summed E-state index contributed by atoms with van der Waals surface area (Å²) in [6.07, 6.45) is 2.79. The van der Waals surface area contributed by atoms with Crippen molar-refractivity contribution in [3.05, 3.63) is 71.2 Å². The van der Waals surface area contributed by atoms with E-state index in [0.717, 1.165) is 18.4 Å². The molecule has 34 heavy (non-hydrogen) atoms. The third-order valence-corrected chi connectivity index (χ3v) is 6.18. The quantitative estimate of drug-likeness (QED) is 0.261. The SMILES string of the molecule is N=Cc1ccc(NC(=O)N2Cc3c(C(=O)NN=N)c(-c4cccc(F)c4)nn3C3(CC3)C2)cc1. The van der Waals surface area contributed by atoms with Gasteiger partial charge in [-0.25, -0.2) is 14.6 Å². The van der Waals surface area contributed by atoms with Crippen LogP contribution in [0.1, 0.15) is 34.5 Å². The lowest BCUT2D eigenvalue weighted by atomic mass is 10.0. The molecular weight excluding hydrogens is 439 g/mol. The molecule has 3 amide bonds. The van der Waals surface area contributed by atoms with Crippen molar-refractivity contribution in [1.82, 2.24) is 20.1 Å². The second-order valence-corrected chi connectivity index (χ2v) is 8.42. The number of benzene rings is 2. The van der Waals surface area contributed by atoms with Crippen LogP contribution < -0.4 is 10.7 Å². The van der Waals surface area contributed by atoms with Gasteiger partial charge in [-0.2, -0.15) is 10.6 Å². The largest absolute Gasteiger partial charge is 0.322 e. The van der Waals surface area contributed by atoms with Gasteiger partial charge < -0.3 is 15.6 Å². The van der Waals surface area contributed by atoms with Gasteiger partial charge in [-0.3, -0.25) is 9.48 Å². The molecule has 3 aromatic rings. The van der Waals surface area contributed by atoms with Gasteiger partial charge in [0, 0.05) is 24.0 Å². The Kier molecular flexibility index (Phi) is 5.16. The number of hydrogen-bond acceptors (Lipinski definition) is 6. The van der Waals surface area contributed by atoms with E-state index >= 15 is 0 Å². The molecule has 1 saturated carbocycles. The Balaban J connectivity index is 1.52. The van der Waals surface area contributed by atoms with Crippen molar-refractivity contribution in [1.29, 1.82) is 10.9 Å². The molecule has 0 bridgehead atoms. The molecule has 11 heteroatoms. The van der Waals surface area contributed by atoms with Crippen molar-refractivity contribution >= 4 is 23.8 Å². The van der Waals surface area contributed by atoms with Crippen molar-refractivity contribution < 1.29 is 14.0 Å². The lowest BCUT2D eigenvalue weighted by molar-refractivity contribution is 0.0946.